The van der Waals surface area contributed by atoms with Gasteiger partial charge in [-0.05, 0) is 19.8 Å². The van der Waals surface area contributed by atoms with E-state index in [1.165, 1.54) is 6.20 Å². The summed E-state index contributed by atoms with van der Waals surface area (Å²) in [5, 5.41) is 11.1. The average Bonchev–Trinajstić information content (AvgIpc) is 2.68. The number of likely N-dealkylation sites (tertiary alicyclic amines) is 1. The molecule has 2 aliphatic heterocycles. The number of nitrogens with one attached hydrogen (secondary N) is 1. The number of β-amino-alcohol motifs (C(OH)–C–C–N with tert-alkyl or cyclic N) is 1. The van der Waals surface area contributed by atoms with Crippen LogP contribution in [0.25, 0.3) is 0 Å². The summed E-state index contributed by atoms with van der Waals surface area (Å²) in [5.41, 5.74) is -1.22. The largest absolute Gasteiger partial charge is 0.450 e. The number of hydrogen-bond acceptors (Lipinski definition) is 7. The SMILES string of the molecule is CCOC(=O)N1CCN(CC2(O)CCCN(C(=O)c3c[nH]c(=O)cn3)C2)CC1. The Bertz CT molecular complexity index is 740. The maximum Gasteiger partial charge on any atom is 0.409 e. The number of hydrogen-bond donors (Lipinski definition) is 2. The van der Waals surface area contributed by atoms with Gasteiger partial charge in [-0.1, -0.05) is 0 Å². The number of H-pyrrole nitrogens is 1. The second-order valence-electron chi connectivity index (χ2n) is 7.31. The second kappa shape index (κ2) is 8.70. The van der Waals surface area contributed by atoms with E-state index in [1.807, 2.05) is 0 Å². The van der Waals surface area contributed by atoms with Crippen molar-refractivity contribution < 1.29 is 19.4 Å². The summed E-state index contributed by atoms with van der Waals surface area (Å²) in [4.78, 5) is 47.2. The van der Waals surface area contributed by atoms with Gasteiger partial charge >= 0.3 is 6.09 Å². The zero-order chi connectivity index (χ0) is 20.1. The summed E-state index contributed by atoms with van der Waals surface area (Å²) < 4.78 is 5.02. The lowest BCUT2D eigenvalue weighted by atomic mass is 9.91. The molecular formula is C18H27N5O5. The van der Waals surface area contributed by atoms with Gasteiger partial charge in [0.15, 0.2) is 0 Å². The van der Waals surface area contributed by atoms with E-state index in [9.17, 15) is 19.5 Å². The molecule has 10 heteroatoms. The van der Waals surface area contributed by atoms with Crippen LogP contribution in [0.4, 0.5) is 4.79 Å². The van der Waals surface area contributed by atoms with Crippen molar-refractivity contribution >= 4 is 12.0 Å². The van der Waals surface area contributed by atoms with E-state index in [0.29, 0.717) is 58.7 Å². The maximum absolute atomic E-state index is 12.6. The van der Waals surface area contributed by atoms with Gasteiger partial charge in [-0.25, -0.2) is 9.78 Å². The molecule has 0 radical (unpaired) electrons. The molecule has 0 saturated carbocycles. The third-order valence-corrected chi connectivity index (χ3v) is 5.15. The molecule has 0 aromatic carbocycles. The van der Waals surface area contributed by atoms with Crippen molar-refractivity contribution in [3.63, 3.8) is 0 Å². The predicted molar refractivity (Wildman–Crippen MR) is 100.0 cm³/mol. The number of ether oxygens (including phenoxy) is 1. The van der Waals surface area contributed by atoms with Crippen LogP contribution < -0.4 is 5.56 Å². The molecule has 2 fully saturated rings. The number of aliphatic hydroxyl groups is 1. The van der Waals surface area contributed by atoms with Crippen LogP contribution in [0.15, 0.2) is 17.2 Å². The highest BCUT2D eigenvalue weighted by atomic mass is 16.6. The van der Waals surface area contributed by atoms with Gasteiger partial charge in [0.25, 0.3) is 11.5 Å². The smallest absolute Gasteiger partial charge is 0.409 e. The Labute approximate surface area is 163 Å². The standard InChI is InChI=1S/C18H27N5O5/c1-2-28-17(26)22-8-6-21(7-9-22)12-18(27)4-3-5-23(13-18)16(25)14-10-20-15(24)11-19-14/h10-11,27H,2-9,12-13H2,1H3,(H,20,24). The van der Waals surface area contributed by atoms with E-state index in [0.717, 1.165) is 6.20 Å². The molecule has 2 amide bonds. The molecule has 154 valence electrons. The Morgan fingerprint density at radius 3 is 2.64 bits per heavy atom. The zero-order valence-electron chi connectivity index (χ0n) is 16.1. The van der Waals surface area contributed by atoms with Crippen LogP contribution in [-0.4, -0.2) is 99.8 Å². The van der Waals surface area contributed by atoms with Crippen LogP contribution in [0.1, 0.15) is 30.3 Å². The Balaban J connectivity index is 1.55. The van der Waals surface area contributed by atoms with Crippen LogP contribution in [0.2, 0.25) is 0 Å². The topological polar surface area (TPSA) is 119 Å². The number of piperidine rings is 1. The third-order valence-electron chi connectivity index (χ3n) is 5.15. The molecule has 2 aliphatic rings. The lowest BCUT2D eigenvalue weighted by molar-refractivity contribution is -0.0527. The fraction of sp³-hybridized carbons (Fsp3) is 0.667. The highest BCUT2D eigenvalue weighted by Gasteiger charge is 2.38. The number of aromatic amines is 1. The maximum atomic E-state index is 12.6. The molecule has 1 aromatic heterocycles. The first-order valence-corrected chi connectivity index (χ1v) is 9.61. The van der Waals surface area contributed by atoms with Crippen molar-refractivity contribution in [1.82, 2.24) is 24.7 Å². The van der Waals surface area contributed by atoms with Crippen molar-refractivity contribution in [2.75, 3.05) is 52.4 Å². The van der Waals surface area contributed by atoms with Gasteiger partial charge < -0.3 is 24.6 Å². The molecule has 0 spiro atoms. The van der Waals surface area contributed by atoms with Crippen molar-refractivity contribution in [3.8, 4) is 0 Å². The van der Waals surface area contributed by atoms with E-state index in [-0.39, 0.29) is 29.8 Å². The van der Waals surface area contributed by atoms with Gasteiger partial charge in [0.05, 0.1) is 24.9 Å². The molecule has 3 rings (SSSR count). The first-order chi connectivity index (χ1) is 13.4. The monoisotopic (exact) mass is 393 g/mol. The average molecular weight is 393 g/mol. The van der Waals surface area contributed by atoms with Crippen LogP contribution in [-0.2, 0) is 4.74 Å². The number of carbonyl (C=O) groups excluding carboxylic acids is 2. The van der Waals surface area contributed by atoms with Gasteiger partial charge in [0.1, 0.15) is 5.69 Å². The molecule has 28 heavy (non-hydrogen) atoms. The fourth-order valence-corrected chi connectivity index (χ4v) is 3.76. The minimum atomic E-state index is -1.01. The summed E-state index contributed by atoms with van der Waals surface area (Å²) >= 11 is 0. The summed E-state index contributed by atoms with van der Waals surface area (Å²) in [7, 11) is 0. The molecule has 2 saturated heterocycles. The Morgan fingerprint density at radius 1 is 1.25 bits per heavy atom. The fourth-order valence-electron chi connectivity index (χ4n) is 3.76. The van der Waals surface area contributed by atoms with Gasteiger partial charge in [-0.2, -0.15) is 0 Å². The minimum Gasteiger partial charge on any atom is -0.450 e. The number of piperazine rings is 1. The van der Waals surface area contributed by atoms with Crippen molar-refractivity contribution in [2.45, 2.75) is 25.4 Å². The highest BCUT2D eigenvalue weighted by molar-refractivity contribution is 5.92. The highest BCUT2D eigenvalue weighted by Crippen LogP contribution is 2.24. The normalized spacial score (nSPS) is 23.5. The number of carbonyl (C=O) groups is 2. The molecule has 1 unspecified atom stereocenters. The first-order valence-electron chi connectivity index (χ1n) is 9.61. The van der Waals surface area contributed by atoms with Gasteiger partial charge in [0.2, 0.25) is 0 Å². The molecule has 3 heterocycles. The van der Waals surface area contributed by atoms with E-state index in [2.05, 4.69) is 14.9 Å². The lowest BCUT2D eigenvalue weighted by Crippen LogP contribution is -2.58. The lowest BCUT2D eigenvalue weighted by Gasteiger charge is -2.43. The van der Waals surface area contributed by atoms with Gasteiger partial charge in [-0.3, -0.25) is 14.5 Å². The van der Waals surface area contributed by atoms with E-state index >= 15 is 0 Å². The first kappa shape index (κ1) is 20.3. The number of rotatable bonds is 4. The van der Waals surface area contributed by atoms with Crippen molar-refractivity contribution in [3.05, 3.63) is 28.4 Å². The molecular weight excluding hydrogens is 366 g/mol. The third kappa shape index (κ3) is 4.87. The Kier molecular flexibility index (Phi) is 6.30. The van der Waals surface area contributed by atoms with Crippen LogP contribution >= 0.6 is 0 Å². The van der Waals surface area contributed by atoms with Crippen LogP contribution in [0, 0.1) is 0 Å². The van der Waals surface area contributed by atoms with Crippen LogP contribution in [0.3, 0.4) is 0 Å². The van der Waals surface area contributed by atoms with E-state index < -0.39 is 5.60 Å². The van der Waals surface area contributed by atoms with Crippen molar-refractivity contribution in [2.24, 2.45) is 0 Å². The summed E-state index contributed by atoms with van der Waals surface area (Å²) in [6, 6.07) is 0. The second-order valence-corrected chi connectivity index (χ2v) is 7.31. The molecule has 2 N–H and O–H groups in total. The van der Waals surface area contributed by atoms with Gasteiger partial charge in [-0.15, -0.1) is 0 Å². The number of nitrogens with zero attached hydrogens (tertiary/aromatic N) is 4. The molecule has 0 bridgehead atoms. The van der Waals surface area contributed by atoms with E-state index in [1.54, 1.807) is 16.7 Å². The minimum absolute atomic E-state index is 0.159. The summed E-state index contributed by atoms with van der Waals surface area (Å²) in [6.45, 7) is 5.73. The zero-order valence-corrected chi connectivity index (χ0v) is 16.1. The summed E-state index contributed by atoms with van der Waals surface area (Å²) in [6.07, 6.45) is 3.37. The van der Waals surface area contributed by atoms with Gasteiger partial charge in [0, 0.05) is 45.5 Å². The molecule has 1 atom stereocenters. The molecule has 1 aromatic rings. The molecule has 10 nitrogen and oxygen atoms in total. The molecule has 0 aliphatic carbocycles. The predicted octanol–water partition coefficient (Wildman–Crippen LogP) is -0.489. The van der Waals surface area contributed by atoms with Crippen LogP contribution in [0.5, 0.6) is 0 Å². The Morgan fingerprint density at radius 2 is 2.00 bits per heavy atom. The Hall–Kier alpha value is -2.46. The number of amides is 2. The van der Waals surface area contributed by atoms with Crippen molar-refractivity contribution in [1.29, 1.82) is 0 Å². The summed E-state index contributed by atoms with van der Waals surface area (Å²) in [5.74, 6) is -0.304. The van der Waals surface area contributed by atoms with E-state index in [4.69, 9.17) is 4.74 Å². The number of aromatic nitrogens is 2. The quantitative estimate of drug-likeness (QED) is 0.708.